The molecule has 0 bridgehead atoms. The number of carbonyl (C=O) groups is 2. The summed E-state index contributed by atoms with van der Waals surface area (Å²) in [6.45, 7) is 3.37. The van der Waals surface area contributed by atoms with Gasteiger partial charge in [0.1, 0.15) is 17.9 Å². The lowest BCUT2D eigenvalue weighted by Crippen LogP contribution is -2.16. The third-order valence-corrected chi connectivity index (χ3v) is 1.83. The Bertz CT molecular complexity index is 455. The molecule has 1 aromatic carbocycles. The van der Waals surface area contributed by atoms with Crippen LogP contribution in [0.25, 0.3) is 0 Å². The number of phenols is 1. The van der Waals surface area contributed by atoms with Crippen LogP contribution in [0.3, 0.4) is 0 Å². The smallest absolute Gasteiger partial charge is 0.411 e. The first-order chi connectivity index (χ1) is 8.06. The molecule has 0 atom stereocenters. The molecule has 0 saturated carbocycles. The quantitative estimate of drug-likeness (QED) is 0.694. The number of hydrogen-bond donors (Lipinski definition) is 3. The van der Waals surface area contributed by atoms with Gasteiger partial charge in [-0.1, -0.05) is 18.7 Å². The summed E-state index contributed by atoms with van der Waals surface area (Å²) in [5.74, 6) is -1.78. The number of carbonyl (C=O) groups excluding carboxylic acids is 1. The number of aromatic hydroxyl groups is 1. The number of amides is 1. The van der Waals surface area contributed by atoms with Crippen LogP contribution >= 0.6 is 0 Å². The van der Waals surface area contributed by atoms with E-state index in [1.165, 1.54) is 24.3 Å². The Morgan fingerprint density at radius 1 is 1.47 bits per heavy atom. The fraction of sp³-hybridized carbons (Fsp3) is 0.0909. The zero-order valence-corrected chi connectivity index (χ0v) is 8.84. The van der Waals surface area contributed by atoms with Crippen molar-refractivity contribution in [3.63, 3.8) is 0 Å². The van der Waals surface area contributed by atoms with E-state index in [0.29, 0.717) is 0 Å². The Hall–Kier alpha value is -2.50. The minimum absolute atomic E-state index is 0.00700. The van der Waals surface area contributed by atoms with Crippen LogP contribution in [0.1, 0.15) is 10.4 Å². The molecule has 0 spiro atoms. The summed E-state index contributed by atoms with van der Waals surface area (Å²) in [5, 5.41) is 20.4. The van der Waals surface area contributed by atoms with Crippen molar-refractivity contribution in [2.75, 3.05) is 11.9 Å². The van der Waals surface area contributed by atoms with Gasteiger partial charge in [-0.05, 0) is 12.1 Å². The number of hydrogen-bond acceptors (Lipinski definition) is 4. The second kappa shape index (κ2) is 5.55. The topological polar surface area (TPSA) is 95.9 Å². The fourth-order valence-electron chi connectivity index (χ4n) is 1.15. The van der Waals surface area contributed by atoms with Crippen molar-refractivity contribution in [1.82, 2.24) is 0 Å². The normalized spacial score (nSPS) is 9.41. The highest BCUT2D eigenvalue weighted by Gasteiger charge is 2.16. The molecule has 0 unspecified atom stereocenters. The van der Waals surface area contributed by atoms with E-state index in [4.69, 9.17) is 5.11 Å². The lowest BCUT2D eigenvalue weighted by atomic mass is 10.1. The van der Waals surface area contributed by atoms with Gasteiger partial charge in [-0.25, -0.2) is 9.59 Å². The average Bonchev–Trinajstić information content (AvgIpc) is 2.25. The van der Waals surface area contributed by atoms with Crippen molar-refractivity contribution in [3.05, 3.63) is 36.4 Å². The molecule has 0 aliphatic heterocycles. The van der Waals surface area contributed by atoms with Crippen molar-refractivity contribution < 1.29 is 24.5 Å². The van der Waals surface area contributed by atoms with Gasteiger partial charge >= 0.3 is 12.1 Å². The van der Waals surface area contributed by atoms with Gasteiger partial charge in [-0.3, -0.25) is 5.32 Å². The van der Waals surface area contributed by atoms with Crippen LogP contribution in [-0.4, -0.2) is 28.9 Å². The molecule has 0 aliphatic rings. The second-order valence-corrected chi connectivity index (χ2v) is 3.02. The predicted molar refractivity (Wildman–Crippen MR) is 60.2 cm³/mol. The third kappa shape index (κ3) is 3.23. The van der Waals surface area contributed by atoms with E-state index in [0.717, 1.165) is 0 Å². The maximum absolute atomic E-state index is 11.2. The molecule has 90 valence electrons. The predicted octanol–water partition coefficient (Wildman–Crippen LogP) is 1.82. The van der Waals surface area contributed by atoms with Gasteiger partial charge in [0.15, 0.2) is 0 Å². The number of aromatic carboxylic acids is 1. The first-order valence-corrected chi connectivity index (χ1v) is 4.66. The molecular weight excluding hydrogens is 226 g/mol. The number of benzene rings is 1. The molecule has 1 amide bonds. The molecule has 6 nitrogen and oxygen atoms in total. The first kappa shape index (κ1) is 12.6. The molecule has 0 aromatic heterocycles. The summed E-state index contributed by atoms with van der Waals surface area (Å²) >= 11 is 0. The standard InChI is InChI=1S/C11H11NO5/c1-2-6-17-11(16)12-7-4-3-5-8(13)9(7)10(14)15/h2-5,13H,1,6H2,(H,12,16)(H,14,15). The second-order valence-electron chi connectivity index (χ2n) is 3.02. The summed E-state index contributed by atoms with van der Waals surface area (Å²) in [7, 11) is 0. The third-order valence-electron chi connectivity index (χ3n) is 1.83. The Balaban J connectivity index is 2.91. The highest BCUT2D eigenvalue weighted by molar-refractivity contribution is 6.01. The van der Waals surface area contributed by atoms with Gasteiger partial charge in [0.25, 0.3) is 0 Å². The van der Waals surface area contributed by atoms with E-state index < -0.39 is 17.8 Å². The largest absolute Gasteiger partial charge is 0.507 e. The highest BCUT2D eigenvalue weighted by atomic mass is 16.5. The fourth-order valence-corrected chi connectivity index (χ4v) is 1.15. The van der Waals surface area contributed by atoms with Crippen molar-refractivity contribution in [2.24, 2.45) is 0 Å². The van der Waals surface area contributed by atoms with Crippen molar-refractivity contribution in [2.45, 2.75) is 0 Å². The Kier molecular flexibility index (Phi) is 4.10. The average molecular weight is 237 g/mol. The van der Waals surface area contributed by atoms with Crippen LogP contribution in [0.5, 0.6) is 5.75 Å². The van der Waals surface area contributed by atoms with Crippen LogP contribution in [0.2, 0.25) is 0 Å². The van der Waals surface area contributed by atoms with E-state index in [1.807, 2.05) is 0 Å². The van der Waals surface area contributed by atoms with Gasteiger partial charge in [0, 0.05) is 0 Å². The Morgan fingerprint density at radius 3 is 2.76 bits per heavy atom. The molecule has 0 radical (unpaired) electrons. The molecule has 1 aromatic rings. The molecule has 0 saturated heterocycles. The maximum atomic E-state index is 11.2. The molecule has 0 fully saturated rings. The van der Waals surface area contributed by atoms with Crippen molar-refractivity contribution in [1.29, 1.82) is 0 Å². The van der Waals surface area contributed by atoms with Gasteiger partial charge in [0.05, 0.1) is 5.69 Å². The zero-order chi connectivity index (χ0) is 12.8. The summed E-state index contributed by atoms with van der Waals surface area (Å²) in [6.07, 6.45) is 0.554. The number of ether oxygens (including phenoxy) is 1. The van der Waals surface area contributed by atoms with Crippen LogP contribution in [0.4, 0.5) is 10.5 Å². The molecule has 6 heteroatoms. The van der Waals surface area contributed by atoms with Gasteiger partial charge in [0.2, 0.25) is 0 Å². The maximum Gasteiger partial charge on any atom is 0.411 e. The zero-order valence-electron chi connectivity index (χ0n) is 8.84. The van der Waals surface area contributed by atoms with Crippen molar-refractivity contribution in [3.8, 4) is 5.75 Å². The molecular formula is C11H11NO5. The van der Waals surface area contributed by atoms with Gasteiger partial charge < -0.3 is 14.9 Å². The lowest BCUT2D eigenvalue weighted by Gasteiger charge is -2.09. The van der Waals surface area contributed by atoms with Crippen LogP contribution in [-0.2, 0) is 4.74 Å². The molecule has 3 N–H and O–H groups in total. The van der Waals surface area contributed by atoms with E-state index in [-0.39, 0.29) is 17.9 Å². The van der Waals surface area contributed by atoms with Crippen molar-refractivity contribution >= 4 is 17.7 Å². The summed E-state index contributed by atoms with van der Waals surface area (Å²) in [6, 6.07) is 3.97. The van der Waals surface area contributed by atoms with Gasteiger partial charge in [-0.2, -0.15) is 0 Å². The Labute approximate surface area is 97.1 Å². The van der Waals surface area contributed by atoms with E-state index in [1.54, 1.807) is 0 Å². The summed E-state index contributed by atoms with van der Waals surface area (Å²) < 4.78 is 4.63. The van der Waals surface area contributed by atoms with Crippen LogP contribution in [0, 0.1) is 0 Å². The highest BCUT2D eigenvalue weighted by Crippen LogP contribution is 2.25. The number of anilines is 1. The van der Waals surface area contributed by atoms with E-state index >= 15 is 0 Å². The number of carboxylic acid groups (broad SMARTS) is 1. The SMILES string of the molecule is C=CCOC(=O)Nc1cccc(O)c1C(=O)O. The number of carboxylic acids is 1. The number of nitrogens with one attached hydrogen (secondary N) is 1. The minimum Gasteiger partial charge on any atom is -0.507 e. The summed E-state index contributed by atoms with van der Waals surface area (Å²) in [5.41, 5.74) is -0.422. The molecule has 0 aliphatic carbocycles. The van der Waals surface area contributed by atoms with E-state index in [2.05, 4.69) is 16.6 Å². The van der Waals surface area contributed by atoms with Gasteiger partial charge in [-0.15, -0.1) is 0 Å². The minimum atomic E-state index is -1.35. The Morgan fingerprint density at radius 2 is 2.18 bits per heavy atom. The lowest BCUT2D eigenvalue weighted by molar-refractivity contribution is 0.0695. The molecule has 17 heavy (non-hydrogen) atoms. The van der Waals surface area contributed by atoms with E-state index in [9.17, 15) is 14.7 Å². The monoisotopic (exact) mass is 237 g/mol. The van der Waals surface area contributed by atoms with Crippen LogP contribution < -0.4 is 5.32 Å². The molecule has 1 rings (SSSR count). The van der Waals surface area contributed by atoms with Crippen LogP contribution in [0.15, 0.2) is 30.9 Å². The molecule has 0 heterocycles. The number of rotatable bonds is 4. The summed E-state index contributed by atoms with van der Waals surface area (Å²) in [4.78, 5) is 22.1. The first-order valence-electron chi connectivity index (χ1n) is 4.66.